The monoisotopic (exact) mass is 388 g/mol. The predicted octanol–water partition coefficient (Wildman–Crippen LogP) is 4.48. The van der Waals surface area contributed by atoms with E-state index < -0.39 is 0 Å². The number of carbonyl (C=O) groups excluding carboxylic acids is 1. The van der Waals surface area contributed by atoms with Crippen LogP contribution in [-0.4, -0.2) is 21.4 Å². The topological polar surface area (TPSA) is 80.0 Å². The lowest BCUT2D eigenvalue weighted by molar-refractivity contribution is -0.115. The van der Waals surface area contributed by atoms with Crippen LogP contribution in [0.3, 0.4) is 0 Å². The Labute approximate surface area is 160 Å². The van der Waals surface area contributed by atoms with Crippen LogP contribution in [0.25, 0.3) is 0 Å². The summed E-state index contributed by atoms with van der Waals surface area (Å²) < 4.78 is 6.01. The fourth-order valence-corrected chi connectivity index (χ4v) is 4.19. The van der Waals surface area contributed by atoms with Crippen molar-refractivity contribution in [1.29, 1.82) is 0 Å². The van der Waals surface area contributed by atoms with Gasteiger partial charge in [-0.3, -0.25) is 4.79 Å². The molecule has 1 unspecified atom stereocenters. The van der Waals surface area contributed by atoms with Crippen LogP contribution in [0.4, 0.5) is 10.8 Å². The van der Waals surface area contributed by atoms with Crippen molar-refractivity contribution in [2.24, 2.45) is 0 Å². The molecule has 0 radical (unpaired) electrons. The molecule has 0 aliphatic rings. The molecule has 6 nitrogen and oxygen atoms in total. The molecule has 0 fully saturated rings. The summed E-state index contributed by atoms with van der Waals surface area (Å²) in [6.07, 6.45) is 1.63. The standard InChI is InChI=1S/C18H20N4O2S2/c1-11-6-7-15(12(2)9-11)20-16(23)13(3)25-18-22-21-17(26-18)19-10-14-5-4-8-24-14/h4-9,13H,10H2,1-3H3,(H,19,21)(H,20,23). The molecule has 0 aliphatic heterocycles. The second kappa shape index (κ2) is 8.37. The molecule has 2 N–H and O–H groups in total. The van der Waals surface area contributed by atoms with Crippen molar-refractivity contribution >= 4 is 39.8 Å². The van der Waals surface area contributed by atoms with Crippen molar-refractivity contribution in [3.05, 3.63) is 53.5 Å². The number of aryl methyl sites for hydroxylation is 2. The first-order chi connectivity index (χ1) is 12.5. The van der Waals surface area contributed by atoms with Crippen molar-refractivity contribution in [3.8, 4) is 0 Å². The van der Waals surface area contributed by atoms with E-state index in [9.17, 15) is 4.79 Å². The summed E-state index contributed by atoms with van der Waals surface area (Å²) >= 11 is 2.81. The van der Waals surface area contributed by atoms with Crippen LogP contribution in [0.2, 0.25) is 0 Å². The van der Waals surface area contributed by atoms with E-state index in [1.165, 1.54) is 28.7 Å². The Morgan fingerprint density at radius 2 is 2.15 bits per heavy atom. The third kappa shape index (κ3) is 4.86. The van der Waals surface area contributed by atoms with Crippen LogP contribution in [0.5, 0.6) is 0 Å². The number of nitrogens with one attached hydrogen (secondary N) is 2. The fraction of sp³-hybridized carbons (Fsp3) is 0.278. The SMILES string of the molecule is Cc1ccc(NC(=O)C(C)Sc2nnc(NCc3ccco3)s2)c(C)c1. The van der Waals surface area contributed by atoms with Gasteiger partial charge in [-0.15, -0.1) is 10.2 Å². The molecule has 0 bridgehead atoms. The lowest BCUT2D eigenvalue weighted by Crippen LogP contribution is -2.22. The highest BCUT2D eigenvalue weighted by molar-refractivity contribution is 8.02. The molecule has 0 spiro atoms. The zero-order chi connectivity index (χ0) is 18.5. The predicted molar refractivity (Wildman–Crippen MR) is 106 cm³/mol. The van der Waals surface area contributed by atoms with E-state index in [1.807, 2.05) is 45.0 Å². The molecule has 3 rings (SSSR count). The van der Waals surface area contributed by atoms with Crippen LogP contribution >= 0.6 is 23.1 Å². The molecule has 1 atom stereocenters. The van der Waals surface area contributed by atoms with Crippen molar-refractivity contribution in [1.82, 2.24) is 10.2 Å². The molecule has 1 amide bonds. The largest absolute Gasteiger partial charge is 0.467 e. The maximum atomic E-state index is 12.4. The normalized spacial score (nSPS) is 12.0. The molecule has 0 saturated carbocycles. The Bertz CT molecular complexity index is 877. The van der Waals surface area contributed by atoms with Gasteiger partial charge in [0.1, 0.15) is 5.76 Å². The van der Waals surface area contributed by atoms with Gasteiger partial charge in [0, 0.05) is 5.69 Å². The van der Waals surface area contributed by atoms with E-state index in [4.69, 9.17) is 4.42 Å². The highest BCUT2D eigenvalue weighted by atomic mass is 32.2. The van der Waals surface area contributed by atoms with Crippen LogP contribution in [0.15, 0.2) is 45.4 Å². The lowest BCUT2D eigenvalue weighted by atomic mass is 10.1. The average Bonchev–Trinajstić information content (AvgIpc) is 3.27. The van der Waals surface area contributed by atoms with Crippen molar-refractivity contribution in [2.75, 3.05) is 10.6 Å². The van der Waals surface area contributed by atoms with Gasteiger partial charge in [0.05, 0.1) is 18.1 Å². The number of rotatable bonds is 7. The second-order valence-corrected chi connectivity index (χ2v) is 8.44. The first-order valence-electron chi connectivity index (χ1n) is 8.16. The van der Waals surface area contributed by atoms with Gasteiger partial charge in [-0.2, -0.15) is 0 Å². The maximum absolute atomic E-state index is 12.4. The van der Waals surface area contributed by atoms with Crippen molar-refractivity contribution in [2.45, 2.75) is 36.9 Å². The Morgan fingerprint density at radius 1 is 1.31 bits per heavy atom. The van der Waals surface area contributed by atoms with E-state index >= 15 is 0 Å². The fourth-order valence-electron chi connectivity index (χ4n) is 2.30. The minimum Gasteiger partial charge on any atom is -0.467 e. The minimum absolute atomic E-state index is 0.0535. The van der Waals surface area contributed by atoms with E-state index in [1.54, 1.807) is 6.26 Å². The molecule has 0 saturated heterocycles. The highest BCUT2D eigenvalue weighted by Crippen LogP contribution is 2.30. The van der Waals surface area contributed by atoms with Gasteiger partial charge in [0.2, 0.25) is 11.0 Å². The molecule has 2 aromatic heterocycles. The minimum atomic E-state index is -0.276. The third-order valence-electron chi connectivity index (χ3n) is 3.69. The molecular formula is C18H20N4O2S2. The zero-order valence-electron chi connectivity index (χ0n) is 14.8. The van der Waals surface area contributed by atoms with Gasteiger partial charge < -0.3 is 15.1 Å². The van der Waals surface area contributed by atoms with Gasteiger partial charge in [-0.05, 0) is 44.5 Å². The number of amides is 1. The van der Waals surface area contributed by atoms with E-state index in [0.29, 0.717) is 11.7 Å². The summed E-state index contributed by atoms with van der Waals surface area (Å²) in [7, 11) is 0. The third-order valence-corrected chi connectivity index (χ3v) is 5.75. The zero-order valence-corrected chi connectivity index (χ0v) is 16.4. The Morgan fingerprint density at radius 3 is 2.88 bits per heavy atom. The molecule has 1 aromatic carbocycles. The molecule has 8 heteroatoms. The van der Waals surface area contributed by atoms with Gasteiger partial charge in [0.25, 0.3) is 0 Å². The van der Waals surface area contributed by atoms with Gasteiger partial charge in [-0.1, -0.05) is 40.8 Å². The van der Waals surface area contributed by atoms with E-state index in [0.717, 1.165) is 21.4 Å². The molecular weight excluding hydrogens is 368 g/mol. The number of hydrogen-bond donors (Lipinski definition) is 2. The first-order valence-corrected chi connectivity index (χ1v) is 9.85. The van der Waals surface area contributed by atoms with Crippen molar-refractivity contribution < 1.29 is 9.21 Å². The molecule has 0 aliphatic carbocycles. The molecule has 2 heterocycles. The van der Waals surface area contributed by atoms with Crippen LogP contribution in [0.1, 0.15) is 23.8 Å². The number of anilines is 2. The molecule has 136 valence electrons. The lowest BCUT2D eigenvalue weighted by Gasteiger charge is -2.12. The van der Waals surface area contributed by atoms with Crippen molar-refractivity contribution in [3.63, 3.8) is 0 Å². The summed E-state index contributed by atoms with van der Waals surface area (Å²) in [5, 5.41) is 14.8. The van der Waals surface area contributed by atoms with Crippen LogP contribution in [0, 0.1) is 13.8 Å². The summed E-state index contributed by atoms with van der Waals surface area (Å²) in [5.41, 5.74) is 3.06. The quantitative estimate of drug-likeness (QED) is 0.581. The number of thioether (sulfide) groups is 1. The summed E-state index contributed by atoms with van der Waals surface area (Å²) in [6, 6.07) is 9.70. The number of hydrogen-bond acceptors (Lipinski definition) is 7. The van der Waals surface area contributed by atoms with Gasteiger partial charge >= 0.3 is 0 Å². The van der Waals surface area contributed by atoms with Crippen LogP contribution < -0.4 is 10.6 Å². The van der Waals surface area contributed by atoms with E-state index in [-0.39, 0.29) is 11.2 Å². The second-order valence-electron chi connectivity index (χ2n) is 5.87. The first kappa shape index (κ1) is 18.5. The highest BCUT2D eigenvalue weighted by Gasteiger charge is 2.18. The summed E-state index contributed by atoms with van der Waals surface area (Å²) in [6.45, 7) is 6.43. The smallest absolute Gasteiger partial charge is 0.237 e. The Kier molecular flexibility index (Phi) is 5.95. The molecule has 3 aromatic rings. The average molecular weight is 389 g/mol. The van der Waals surface area contributed by atoms with Gasteiger partial charge in [-0.25, -0.2) is 0 Å². The van der Waals surface area contributed by atoms with E-state index in [2.05, 4.69) is 26.9 Å². The number of aromatic nitrogens is 2. The number of benzene rings is 1. The number of furan rings is 1. The number of carbonyl (C=O) groups is 1. The number of nitrogens with zero attached hydrogens (tertiary/aromatic N) is 2. The maximum Gasteiger partial charge on any atom is 0.237 e. The molecule has 26 heavy (non-hydrogen) atoms. The van der Waals surface area contributed by atoms with Crippen LogP contribution in [-0.2, 0) is 11.3 Å². The summed E-state index contributed by atoms with van der Waals surface area (Å²) in [4.78, 5) is 12.4. The Hall–Kier alpha value is -2.32. The summed E-state index contributed by atoms with van der Waals surface area (Å²) in [5.74, 6) is 0.776. The van der Waals surface area contributed by atoms with Gasteiger partial charge in [0.15, 0.2) is 4.34 Å². The Balaban J connectivity index is 1.53.